The number of carbonyl (C=O) groups excluding carboxylic acids is 1. The van der Waals surface area contributed by atoms with Crippen LogP contribution in [0.3, 0.4) is 0 Å². The van der Waals surface area contributed by atoms with Gasteiger partial charge in [0.2, 0.25) is 15.9 Å². The van der Waals surface area contributed by atoms with Gasteiger partial charge in [0.05, 0.1) is 11.8 Å². The van der Waals surface area contributed by atoms with Gasteiger partial charge in [-0.05, 0) is 27.4 Å². The predicted octanol–water partition coefficient (Wildman–Crippen LogP) is 0.211. The zero-order valence-electron chi connectivity index (χ0n) is 13.0. The molecule has 20 heavy (non-hydrogen) atoms. The highest BCUT2D eigenvalue weighted by Gasteiger charge is 2.32. The van der Waals surface area contributed by atoms with Crippen molar-refractivity contribution in [2.24, 2.45) is 0 Å². The Morgan fingerprint density at radius 2 is 1.75 bits per heavy atom. The van der Waals surface area contributed by atoms with Crippen molar-refractivity contribution in [3.63, 3.8) is 0 Å². The van der Waals surface area contributed by atoms with Crippen LogP contribution >= 0.6 is 0 Å². The molecule has 6 nitrogen and oxygen atoms in total. The average Bonchev–Trinajstić information content (AvgIpc) is 2.38. The highest BCUT2D eigenvalue weighted by Crippen LogP contribution is 2.16. The number of carbonyl (C=O) groups is 1. The number of piperazine rings is 1. The molecule has 0 aromatic heterocycles. The molecule has 1 aliphatic rings. The summed E-state index contributed by atoms with van der Waals surface area (Å²) < 4.78 is 26.2. The molecule has 1 atom stereocenters. The molecule has 1 fully saturated rings. The third-order valence-corrected chi connectivity index (χ3v) is 5.94. The Balaban J connectivity index is 2.55. The number of amides is 1. The fraction of sp³-hybridized carbons (Fsp3) is 0.923. The molecule has 1 rings (SSSR count). The van der Waals surface area contributed by atoms with Crippen molar-refractivity contribution in [3.05, 3.63) is 0 Å². The van der Waals surface area contributed by atoms with Crippen molar-refractivity contribution in [2.45, 2.75) is 31.9 Å². The van der Waals surface area contributed by atoms with E-state index in [0.717, 1.165) is 6.42 Å². The quantitative estimate of drug-likeness (QED) is 0.704. The van der Waals surface area contributed by atoms with E-state index in [1.807, 2.05) is 25.9 Å². The number of sulfonamides is 1. The van der Waals surface area contributed by atoms with Crippen LogP contribution in [0.25, 0.3) is 0 Å². The lowest BCUT2D eigenvalue weighted by molar-refractivity contribution is -0.133. The Kier molecular flexibility index (Phi) is 6.42. The molecule has 118 valence electrons. The zero-order valence-corrected chi connectivity index (χ0v) is 13.8. The van der Waals surface area contributed by atoms with Gasteiger partial charge in [-0.2, -0.15) is 4.31 Å². The fourth-order valence-electron chi connectivity index (χ4n) is 2.37. The van der Waals surface area contributed by atoms with Gasteiger partial charge < -0.3 is 9.80 Å². The maximum atomic E-state index is 12.3. The topological polar surface area (TPSA) is 60.9 Å². The molecule has 0 saturated carbocycles. The summed E-state index contributed by atoms with van der Waals surface area (Å²) in [6, 6.07) is 0. The van der Waals surface area contributed by atoms with Crippen molar-refractivity contribution < 1.29 is 13.2 Å². The van der Waals surface area contributed by atoms with Gasteiger partial charge >= 0.3 is 0 Å². The van der Waals surface area contributed by atoms with E-state index < -0.39 is 10.0 Å². The van der Waals surface area contributed by atoms with Crippen molar-refractivity contribution in [3.8, 4) is 0 Å². The molecule has 0 bridgehead atoms. The van der Waals surface area contributed by atoms with E-state index in [4.69, 9.17) is 0 Å². The van der Waals surface area contributed by atoms with Gasteiger partial charge in [0.15, 0.2) is 0 Å². The molecule has 1 unspecified atom stereocenters. The Morgan fingerprint density at radius 1 is 1.20 bits per heavy atom. The van der Waals surface area contributed by atoms with E-state index in [1.54, 1.807) is 11.8 Å². The van der Waals surface area contributed by atoms with E-state index in [-0.39, 0.29) is 11.2 Å². The maximum Gasteiger partial charge on any atom is 0.236 e. The van der Waals surface area contributed by atoms with Crippen molar-refractivity contribution in [1.29, 1.82) is 0 Å². The highest BCUT2D eigenvalue weighted by molar-refractivity contribution is 7.89. The van der Waals surface area contributed by atoms with Crippen LogP contribution in [-0.4, -0.2) is 80.5 Å². The number of hydrogen-bond donors (Lipinski definition) is 0. The number of rotatable bonds is 6. The lowest BCUT2D eigenvalue weighted by atomic mass is 10.3. The Labute approximate surface area is 122 Å². The third kappa shape index (κ3) is 4.43. The largest absolute Gasteiger partial charge is 0.339 e. The first-order valence-electron chi connectivity index (χ1n) is 7.20. The number of hydrogen-bond acceptors (Lipinski definition) is 4. The van der Waals surface area contributed by atoms with Gasteiger partial charge in [0.25, 0.3) is 0 Å². The average molecular weight is 305 g/mol. The van der Waals surface area contributed by atoms with Crippen LogP contribution in [0.1, 0.15) is 26.7 Å². The molecule has 0 aliphatic carbocycles. The van der Waals surface area contributed by atoms with E-state index in [1.165, 1.54) is 4.31 Å². The molecule has 7 heteroatoms. The van der Waals surface area contributed by atoms with Crippen molar-refractivity contribution in [1.82, 2.24) is 14.1 Å². The van der Waals surface area contributed by atoms with Gasteiger partial charge in [-0.15, -0.1) is 0 Å². The molecule has 0 spiro atoms. The normalized spacial score (nSPS) is 19.4. The molecule has 0 radical (unpaired) electrons. The third-order valence-electron chi connectivity index (χ3n) is 3.61. The van der Waals surface area contributed by atoms with Gasteiger partial charge in [-0.3, -0.25) is 4.79 Å². The van der Waals surface area contributed by atoms with Crippen LogP contribution in [0.2, 0.25) is 0 Å². The van der Waals surface area contributed by atoms with Gasteiger partial charge in [0, 0.05) is 26.2 Å². The Hall–Kier alpha value is -0.660. The van der Waals surface area contributed by atoms with E-state index in [0.29, 0.717) is 39.1 Å². The summed E-state index contributed by atoms with van der Waals surface area (Å²) in [5, 5.41) is -0.337. The first kappa shape index (κ1) is 17.4. The van der Waals surface area contributed by atoms with Crippen LogP contribution in [0.4, 0.5) is 0 Å². The molecule has 1 heterocycles. The molecule has 1 saturated heterocycles. The van der Waals surface area contributed by atoms with Crippen molar-refractivity contribution >= 4 is 15.9 Å². The maximum absolute atomic E-state index is 12.3. The number of likely N-dealkylation sites (N-methyl/N-ethyl adjacent to an activating group) is 1. The second-order valence-electron chi connectivity index (χ2n) is 5.66. The first-order valence-corrected chi connectivity index (χ1v) is 8.70. The van der Waals surface area contributed by atoms with Crippen LogP contribution in [-0.2, 0) is 14.8 Å². The molecule has 0 aromatic carbocycles. The predicted molar refractivity (Wildman–Crippen MR) is 80.0 cm³/mol. The standard InChI is InChI=1S/C13H27N3O3S/c1-5-6-12(2)20(18,19)16-9-7-15(8-10-16)13(17)11-14(3)4/h12H,5-11H2,1-4H3. The molecule has 1 amide bonds. The van der Waals surface area contributed by atoms with Crippen molar-refractivity contribution in [2.75, 3.05) is 46.8 Å². The lowest BCUT2D eigenvalue weighted by Gasteiger charge is -2.35. The minimum absolute atomic E-state index is 0.0636. The summed E-state index contributed by atoms with van der Waals surface area (Å²) in [5.41, 5.74) is 0. The summed E-state index contributed by atoms with van der Waals surface area (Å²) in [7, 11) is 0.493. The molecule has 0 aromatic rings. The summed E-state index contributed by atoms with van der Waals surface area (Å²) in [6.07, 6.45) is 1.55. The highest BCUT2D eigenvalue weighted by atomic mass is 32.2. The Morgan fingerprint density at radius 3 is 2.20 bits per heavy atom. The smallest absolute Gasteiger partial charge is 0.236 e. The molecule has 0 N–H and O–H groups in total. The molecular formula is C13H27N3O3S. The van der Waals surface area contributed by atoms with E-state index in [2.05, 4.69) is 0 Å². The summed E-state index contributed by atoms with van der Waals surface area (Å²) >= 11 is 0. The van der Waals surface area contributed by atoms with Crippen LogP contribution in [0.15, 0.2) is 0 Å². The minimum atomic E-state index is -3.21. The van der Waals surface area contributed by atoms with Crippen LogP contribution in [0.5, 0.6) is 0 Å². The lowest BCUT2D eigenvalue weighted by Crippen LogP contribution is -2.53. The van der Waals surface area contributed by atoms with Crippen LogP contribution < -0.4 is 0 Å². The van der Waals surface area contributed by atoms with Crippen LogP contribution in [0, 0.1) is 0 Å². The molecular weight excluding hydrogens is 278 g/mol. The monoisotopic (exact) mass is 305 g/mol. The molecule has 1 aliphatic heterocycles. The summed E-state index contributed by atoms with van der Waals surface area (Å²) in [5.74, 6) is 0.0636. The van der Waals surface area contributed by atoms with Gasteiger partial charge in [-0.1, -0.05) is 13.3 Å². The van der Waals surface area contributed by atoms with E-state index in [9.17, 15) is 13.2 Å². The van der Waals surface area contributed by atoms with E-state index >= 15 is 0 Å². The summed E-state index contributed by atoms with van der Waals surface area (Å²) in [4.78, 5) is 15.5. The summed E-state index contributed by atoms with van der Waals surface area (Å²) in [6.45, 7) is 5.94. The first-order chi connectivity index (χ1) is 9.28. The fourth-order valence-corrected chi connectivity index (χ4v) is 4.09. The Bertz CT molecular complexity index is 415. The SMILES string of the molecule is CCCC(C)S(=O)(=O)N1CCN(C(=O)CN(C)C)CC1. The number of nitrogens with zero attached hydrogens (tertiary/aromatic N) is 3. The van der Waals surface area contributed by atoms with Gasteiger partial charge in [-0.25, -0.2) is 8.42 Å². The van der Waals surface area contributed by atoms with Gasteiger partial charge in [0.1, 0.15) is 0 Å². The second kappa shape index (κ2) is 7.38. The zero-order chi connectivity index (χ0) is 15.3. The second-order valence-corrected chi connectivity index (χ2v) is 8.01. The minimum Gasteiger partial charge on any atom is -0.339 e.